The molecule has 6 heteroatoms. The van der Waals surface area contributed by atoms with Gasteiger partial charge in [0.25, 0.3) is 10.2 Å². The smallest absolute Gasteiger partial charge is 0.281 e. The molecule has 0 heterocycles. The van der Waals surface area contributed by atoms with Crippen LogP contribution in [0.15, 0.2) is 0 Å². The Morgan fingerprint density at radius 3 is 2.24 bits per heavy atom. The number of rotatable bonds is 10. The minimum absolute atomic E-state index is 0.540. The van der Waals surface area contributed by atoms with Crippen molar-refractivity contribution in [2.75, 3.05) is 40.3 Å². The van der Waals surface area contributed by atoms with Gasteiger partial charge in [0.05, 0.1) is 0 Å². The molecule has 17 heavy (non-hydrogen) atoms. The lowest BCUT2D eigenvalue weighted by molar-refractivity contribution is 0.361. The Kier molecular flexibility index (Phi) is 8.77. The van der Waals surface area contributed by atoms with E-state index in [2.05, 4.69) is 12.2 Å². The monoisotopic (exact) mass is 265 g/mol. The Hall–Kier alpha value is -0.170. The summed E-state index contributed by atoms with van der Waals surface area (Å²) in [6, 6.07) is 0. The molecule has 0 radical (unpaired) electrons. The minimum atomic E-state index is -3.26. The molecule has 0 aromatic heterocycles. The van der Waals surface area contributed by atoms with Crippen LogP contribution < -0.4 is 5.32 Å². The van der Waals surface area contributed by atoms with Gasteiger partial charge in [0.1, 0.15) is 0 Å². The molecule has 0 aliphatic heterocycles. The highest BCUT2D eigenvalue weighted by Crippen LogP contribution is 2.08. The van der Waals surface area contributed by atoms with Crippen LogP contribution in [0.25, 0.3) is 0 Å². The van der Waals surface area contributed by atoms with E-state index in [1.165, 1.54) is 4.31 Å². The van der Waals surface area contributed by atoms with Crippen LogP contribution in [0.5, 0.6) is 0 Å². The zero-order valence-corrected chi connectivity index (χ0v) is 12.4. The van der Waals surface area contributed by atoms with Crippen molar-refractivity contribution in [3.8, 4) is 0 Å². The van der Waals surface area contributed by atoms with Crippen LogP contribution in [0.1, 0.15) is 33.1 Å². The molecule has 0 rings (SSSR count). The fourth-order valence-electron chi connectivity index (χ4n) is 1.56. The average Bonchev–Trinajstić information content (AvgIpc) is 2.30. The Labute approximate surface area is 106 Å². The van der Waals surface area contributed by atoms with E-state index >= 15 is 0 Å². The zero-order chi connectivity index (χ0) is 13.3. The van der Waals surface area contributed by atoms with Crippen LogP contribution in [-0.4, -0.2) is 57.3 Å². The van der Waals surface area contributed by atoms with Gasteiger partial charge in [-0.3, -0.25) is 0 Å². The second-order valence-electron chi connectivity index (χ2n) is 4.13. The van der Waals surface area contributed by atoms with Crippen molar-refractivity contribution in [2.45, 2.75) is 33.1 Å². The van der Waals surface area contributed by atoms with E-state index in [9.17, 15) is 8.42 Å². The van der Waals surface area contributed by atoms with E-state index in [1.807, 2.05) is 14.0 Å². The number of nitrogens with one attached hydrogen (secondary N) is 1. The van der Waals surface area contributed by atoms with Gasteiger partial charge in [-0.05, 0) is 26.4 Å². The standard InChI is InChI=1S/C11H27N3O2S/c1-5-7-11-14(6-2)17(15,16)13(4)10-8-9-12-3/h12H,5-11H2,1-4H3. The van der Waals surface area contributed by atoms with Crippen LogP contribution in [0.3, 0.4) is 0 Å². The molecule has 0 aliphatic carbocycles. The van der Waals surface area contributed by atoms with E-state index in [4.69, 9.17) is 0 Å². The second kappa shape index (κ2) is 8.85. The van der Waals surface area contributed by atoms with Crippen LogP contribution in [-0.2, 0) is 10.2 Å². The van der Waals surface area contributed by atoms with Crippen LogP contribution in [0.4, 0.5) is 0 Å². The number of hydrogen-bond donors (Lipinski definition) is 1. The van der Waals surface area contributed by atoms with Gasteiger partial charge < -0.3 is 5.32 Å². The van der Waals surface area contributed by atoms with E-state index in [-0.39, 0.29) is 0 Å². The molecule has 0 aliphatic rings. The van der Waals surface area contributed by atoms with Crippen molar-refractivity contribution in [3.63, 3.8) is 0 Å². The van der Waals surface area contributed by atoms with Crippen molar-refractivity contribution < 1.29 is 8.42 Å². The largest absolute Gasteiger partial charge is 0.320 e. The van der Waals surface area contributed by atoms with E-state index in [1.54, 1.807) is 11.4 Å². The molecular formula is C11H27N3O2S. The maximum absolute atomic E-state index is 12.2. The maximum atomic E-state index is 12.2. The predicted octanol–water partition coefficient (Wildman–Crippen LogP) is 0.895. The van der Waals surface area contributed by atoms with Crippen molar-refractivity contribution in [3.05, 3.63) is 0 Å². The van der Waals surface area contributed by atoms with Gasteiger partial charge in [0.15, 0.2) is 0 Å². The molecule has 0 atom stereocenters. The Balaban J connectivity index is 4.38. The maximum Gasteiger partial charge on any atom is 0.281 e. The van der Waals surface area contributed by atoms with Crippen LogP contribution in [0.2, 0.25) is 0 Å². The molecule has 0 aromatic carbocycles. The fourth-order valence-corrected chi connectivity index (χ4v) is 3.00. The zero-order valence-electron chi connectivity index (χ0n) is 11.6. The summed E-state index contributed by atoms with van der Waals surface area (Å²) in [5.74, 6) is 0. The molecule has 0 unspecified atom stereocenters. The van der Waals surface area contributed by atoms with Gasteiger partial charge in [-0.2, -0.15) is 17.0 Å². The Morgan fingerprint density at radius 1 is 1.12 bits per heavy atom. The molecule has 0 amide bonds. The summed E-state index contributed by atoms with van der Waals surface area (Å²) in [5, 5.41) is 3.02. The third-order valence-electron chi connectivity index (χ3n) is 2.73. The van der Waals surface area contributed by atoms with E-state index < -0.39 is 10.2 Å². The van der Waals surface area contributed by atoms with Crippen molar-refractivity contribution in [1.82, 2.24) is 13.9 Å². The average molecular weight is 265 g/mol. The first-order chi connectivity index (χ1) is 8.00. The van der Waals surface area contributed by atoms with E-state index in [0.717, 1.165) is 25.8 Å². The van der Waals surface area contributed by atoms with E-state index in [0.29, 0.717) is 19.6 Å². The van der Waals surface area contributed by atoms with Gasteiger partial charge in [0, 0.05) is 26.7 Å². The van der Waals surface area contributed by atoms with Gasteiger partial charge in [-0.1, -0.05) is 20.3 Å². The summed E-state index contributed by atoms with van der Waals surface area (Å²) in [4.78, 5) is 0. The Morgan fingerprint density at radius 2 is 1.76 bits per heavy atom. The summed E-state index contributed by atoms with van der Waals surface area (Å²) < 4.78 is 27.4. The van der Waals surface area contributed by atoms with Crippen molar-refractivity contribution in [1.29, 1.82) is 0 Å². The van der Waals surface area contributed by atoms with Crippen molar-refractivity contribution in [2.24, 2.45) is 0 Å². The van der Waals surface area contributed by atoms with Gasteiger partial charge in [-0.15, -0.1) is 0 Å². The quantitative estimate of drug-likeness (QED) is 0.597. The third kappa shape index (κ3) is 5.81. The summed E-state index contributed by atoms with van der Waals surface area (Å²) in [5.41, 5.74) is 0. The molecule has 0 saturated carbocycles. The molecule has 5 nitrogen and oxygen atoms in total. The first-order valence-corrected chi connectivity index (χ1v) is 7.76. The highest BCUT2D eigenvalue weighted by atomic mass is 32.2. The lowest BCUT2D eigenvalue weighted by atomic mass is 10.3. The predicted molar refractivity (Wildman–Crippen MR) is 72.2 cm³/mol. The van der Waals surface area contributed by atoms with Gasteiger partial charge in [-0.25, -0.2) is 0 Å². The third-order valence-corrected chi connectivity index (χ3v) is 4.80. The highest BCUT2D eigenvalue weighted by Gasteiger charge is 2.24. The fraction of sp³-hybridized carbons (Fsp3) is 1.00. The topological polar surface area (TPSA) is 52.7 Å². The molecule has 104 valence electrons. The highest BCUT2D eigenvalue weighted by molar-refractivity contribution is 7.86. The van der Waals surface area contributed by atoms with Gasteiger partial charge in [0.2, 0.25) is 0 Å². The second-order valence-corrected chi connectivity index (χ2v) is 6.17. The summed E-state index contributed by atoms with van der Waals surface area (Å²) in [6.45, 7) is 6.50. The summed E-state index contributed by atoms with van der Waals surface area (Å²) in [7, 11) is 0.257. The first-order valence-electron chi connectivity index (χ1n) is 6.36. The normalized spacial score (nSPS) is 12.6. The lowest BCUT2D eigenvalue weighted by Gasteiger charge is -2.26. The number of nitrogens with zero attached hydrogens (tertiary/aromatic N) is 2. The number of hydrogen-bond acceptors (Lipinski definition) is 3. The first kappa shape index (κ1) is 16.8. The lowest BCUT2D eigenvalue weighted by Crippen LogP contribution is -2.43. The van der Waals surface area contributed by atoms with Gasteiger partial charge >= 0.3 is 0 Å². The number of unbranched alkanes of at least 4 members (excludes halogenated alkanes) is 1. The van der Waals surface area contributed by atoms with Crippen molar-refractivity contribution >= 4 is 10.2 Å². The summed E-state index contributed by atoms with van der Waals surface area (Å²) in [6.07, 6.45) is 2.75. The molecule has 0 fully saturated rings. The molecule has 0 aromatic rings. The SMILES string of the molecule is CCCCN(CC)S(=O)(=O)N(C)CCCNC. The molecule has 0 bridgehead atoms. The minimum Gasteiger partial charge on any atom is -0.320 e. The molecule has 1 N–H and O–H groups in total. The molecule has 0 spiro atoms. The summed E-state index contributed by atoms with van der Waals surface area (Å²) >= 11 is 0. The molecular weight excluding hydrogens is 238 g/mol. The Bertz CT molecular complexity index is 280. The van der Waals surface area contributed by atoms with Crippen LogP contribution in [0, 0.1) is 0 Å². The van der Waals surface area contributed by atoms with Crippen LogP contribution >= 0.6 is 0 Å². The molecule has 0 saturated heterocycles.